The zero-order valence-corrected chi connectivity index (χ0v) is 9.76. The second-order valence-corrected chi connectivity index (χ2v) is 1.30. The Morgan fingerprint density at radius 1 is 1.00 bits per heavy atom. The normalized spacial score (nSPS) is 12.4. The van der Waals surface area contributed by atoms with Gasteiger partial charge in [0.05, 0.1) is 22.7 Å². The fourth-order valence-electron chi connectivity index (χ4n) is 0. The van der Waals surface area contributed by atoms with Crippen LogP contribution in [-0.2, 0) is 45.1 Å². The summed E-state index contributed by atoms with van der Waals surface area (Å²) in [5.74, 6) is 0. The Hall–Kier alpha value is 1.88. The molecule has 0 aliphatic carbocycles. The van der Waals surface area contributed by atoms with Crippen LogP contribution in [-0.4, -0.2) is 26.6 Å². The molecule has 0 heterocycles. The van der Waals surface area contributed by atoms with Crippen molar-refractivity contribution in [1.82, 2.24) is 0 Å². The van der Waals surface area contributed by atoms with Gasteiger partial charge in [0.15, 0.2) is 0 Å². The number of hydrogen-bond donors (Lipinski definition) is 2. The Morgan fingerprint density at radius 3 is 1.00 bits per heavy atom. The van der Waals surface area contributed by atoms with Crippen LogP contribution < -0.4 is 29.6 Å². The Kier molecular flexibility index (Phi) is 38.7. The van der Waals surface area contributed by atoms with E-state index in [9.17, 15) is 0 Å². The SMILES string of the molecule is O=S([O-])O.O=S([O-])O.[Ag+].[Na+]. The molecule has 0 saturated heterocycles. The van der Waals surface area contributed by atoms with Gasteiger partial charge < -0.3 is 18.2 Å². The fraction of sp³-hybridized carbons (Fsp3) is 0. The minimum absolute atomic E-state index is 0. The third kappa shape index (κ3) is 220. The molecule has 0 amide bonds. The van der Waals surface area contributed by atoms with Crippen LogP contribution in [0.4, 0.5) is 0 Å². The van der Waals surface area contributed by atoms with Crippen LogP contribution in [0, 0.1) is 0 Å². The summed E-state index contributed by atoms with van der Waals surface area (Å²) < 4.78 is 48.2. The van der Waals surface area contributed by atoms with E-state index in [1.54, 1.807) is 0 Å². The van der Waals surface area contributed by atoms with Crippen molar-refractivity contribution in [3.05, 3.63) is 0 Å². The number of hydrogen-bond acceptors (Lipinski definition) is 4. The number of rotatable bonds is 0. The molecule has 0 bridgehead atoms. The van der Waals surface area contributed by atoms with Crippen molar-refractivity contribution < 1.29 is 78.6 Å². The largest absolute Gasteiger partial charge is 1.00 e. The van der Waals surface area contributed by atoms with Crippen molar-refractivity contribution in [2.45, 2.75) is 0 Å². The van der Waals surface area contributed by atoms with Crippen molar-refractivity contribution in [3.8, 4) is 0 Å². The molecule has 10 heavy (non-hydrogen) atoms. The summed E-state index contributed by atoms with van der Waals surface area (Å²) in [4.78, 5) is 0. The maximum atomic E-state index is 8.56. The van der Waals surface area contributed by atoms with Crippen molar-refractivity contribution in [2.24, 2.45) is 0 Å². The van der Waals surface area contributed by atoms with Crippen molar-refractivity contribution in [3.63, 3.8) is 0 Å². The fourth-order valence-corrected chi connectivity index (χ4v) is 0. The van der Waals surface area contributed by atoms with Gasteiger partial charge >= 0.3 is 51.9 Å². The van der Waals surface area contributed by atoms with E-state index in [4.69, 9.17) is 26.6 Å². The van der Waals surface area contributed by atoms with E-state index in [1.807, 2.05) is 0 Å². The van der Waals surface area contributed by atoms with E-state index in [0.29, 0.717) is 0 Å². The van der Waals surface area contributed by atoms with Gasteiger partial charge in [-0.1, -0.05) is 0 Å². The second kappa shape index (κ2) is 17.1. The van der Waals surface area contributed by atoms with Crippen LogP contribution in [0.15, 0.2) is 0 Å². The zero-order chi connectivity index (χ0) is 7.15. The molecular formula is H2AgNaO6S2. The Morgan fingerprint density at radius 2 is 1.00 bits per heavy atom. The Labute approximate surface area is 100 Å². The molecule has 0 aromatic rings. The summed E-state index contributed by atoms with van der Waals surface area (Å²) >= 11 is -5.72. The van der Waals surface area contributed by atoms with E-state index in [2.05, 4.69) is 0 Å². The molecule has 0 aliphatic rings. The maximum Gasteiger partial charge on any atom is 1.00 e. The van der Waals surface area contributed by atoms with Gasteiger partial charge in [0, 0.05) is 0 Å². The molecule has 2 unspecified atom stereocenters. The average molecular weight is 293 g/mol. The van der Waals surface area contributed by atoms with Crippen molar-refractivity contribution in [2.75, 3.05) is 0 Å². The first kappa shape index (κ1) is 22.6. The summed E-state index contributed by atoms with van der Waals surface area (Å²) in [5, 5.41) is 0. The molecule has 0 saturated carbocycles. The third-order valence-electron chi connectivity index (χ3n) is 0. The van der Waals surface area contributed by atoms with Gasteiger partial charge in [0.2, 0.25) is 0 Å². The minimum atomic E-state index is -2.86. The van der Waals surface area contributed by atoms with Gasteiger partial charge in [-0.15, -0.1) is 0 Å². The van der Waals surface area contributed by atoms with Crippen LogP contribution in [0.3, 0.4) is 0 Å². The molecule has 62 valence electrons. The Balaban J connectivity index is -0.0000000300. The van der Waals surface area contributed by atoms with Crippen LogP contribution in [0.1, 0.15) is 0 Å². The third-order valence-corrected chi connectivity index (χ3v) is 0. The molecule has 0 spiro atoms. The van der Waals surface area contributed by atoms with Crippen LogP contribution in [0.25, 0.3) is 0 Å². The minimum Gasteiger partial charge on any atom is -0.750 e. The monoisotopic (exact) mass is 292 g/mol. The van der Waals surface area contributed by atoms with Crippen LogP contribution in [0.5, 0.6) is 0 Å². The molecule has 0 fully saturated rings. The maximum absolute atomic E-state index is 8.56. The predicted octanol–water partition coefficient (Wildman–Crippen LogP) is -4.32. The molecule has 2 atom stereocenters. The van der Waals surface area contributed by atoms with E-state index >= 15 is 0 Å². The smallest absolute Gasteiger partial charge is 0.750 e. The molecule has 10 heteroatoms. The molecule has 0 rings (SSSR count). The summed E-state index contributed by atoms with van der Waals surface area (Å²) in [6.07, 6.45) is 0. The van der Waals surface area contributed by atoms with Crippen LogP contribution in [0.2, 0.25) is 0 Å². The average Bonchev–Trinajstić information content (AvgIpc) is 1.25. The Bertz CT molecular complexity index is 73.7. The molecule has 2 N–H and O–H groups in total. The summed E-state index contributed by atoms with van der Waals surface area (Å²) in [7, 11) is 0. The first-order chi connectivity index (χ1) is 3.46. The van der Waals surface area contributed by atoms with Gasteiger partial charge in [0.1, 0.15) is 0 Å². The predicted molar refractivity (Wildman–Crippen MR) is 23.1 cm³/mol. The van der Waals surface area contributed by atoms with E-state index in [0.717, 1.165) is 0 Å². The van der Waals surface area contributed by atoms with Gasteiger partial charge in [-0.2, -0.15) is 0 Å². The van der Waals surface area contributed by atoms with Gasteiger partial charge in [-0.25, -0.2) is 8.42 Å². The molecular weight excluding hydrogens is 291 g/mol. The molecule has 0 aromatic carbocycles. The summed E-state index contributed by atoms with van der Waals surface area (Å²) in [5.41, 5.74) is 0. The quantitative estimate of drug-likeness (QED) is 0.344. The first-order valence-electron chi connectivity index (χ1n) is 1.03. The summed E-state index contributed by atoms with van der Waals surface area (Å²) in [6, 6.07) is 0. The van der Waals surface area contributed by atoms with E-state index in [1.165, 1.54) is 0 Å². The van der Waals surface area contributed by atoms with E-state index < -0.39 is 22.7 Å². The molecule has 6 nitrogen and oxygen atoms in total. The molecule has 0 aliphatic heterocycles. The molecule has 0 radical (unpaired) electrons. The van der Waals surface area contributed by atoms with E-state index in [-0.39, 0.29) is 51.9 Å². The summed E-state index contributed by atoms with van der Waals surface area (Å²) in [6.45, 7) is 0. The van der Waals surface area contributed by atoms with Crippen molar-refractivity contribution >= 4 is 22.7 Å². The standard InChI is InChI=1S/Ag.Na.2H2O3S/c;;2*1-4(2)3/h;;2*(H2,1,2,3)/q2*+1;;/p-2. The second-order valence-electron chi connectivity index (χ2n) is 0.434. The zero-order valence-electron chi connectivity index (χ0n) is 4.65. The van der Waals surface area contributed by atoms with Crippen molar-refractivity contribution in [1.29, 1.82) is 0 Å². The van der Waals surface area contributed by atoms with Gasteiger partial charge in [-0.3, -0.25) is 0 Å². The first-order valence-corrected chi connectivity index (χ1v) is 3.10. The topological polar surface area (TPSA) is 121 Å². The molecule has 0 aromatic heterocycles. The van der Waals surface area contributed by atoms with Crippen LogP contribution >= 0.6 is 0 Å². The van der Waals surface area contributed by atoms with Gasteiger partial charge in [0.25, 0.3) is 0 Å². The van der Waals surface area contributed by atoms with Gasteiger partial charge in [-0.05, 0) is 0 Å².